The van der Waals surface area contributed by atoms with Crippen molar-refractivity contribution in [2.24, 2.45) is 0 Å². The lowest BCUT2D eigenvalue weighted by atomic mass is 10.1. The van der Waals surface area contributed by atoms with Gasteiger partial charge in [0.25, 0.3) is 0 Å². The topological polar surface area (TPSA) is 9.86 Å². The third-order valence-electron chi connectivity index (χ3n) is 11.7. The van der Waals surface area contributed by atoms with Crippen LogP contribution < -0.4 is 0 Å². The molecule has 0 N–H and O–H groups in total. The van der Waals surface area contributed by atoms with Gasteiger partial charge in [-0.15, -0.1) is 34.0 Å². The number of nitrogens with zero attached hydrogens (tertiary/aromatic N) is 2. The van der Waals surface area contributed by atoms with Crippen molar-refractivity contribution < 1.29 is 0 Å². The van der Waals surface area contributed by atoms with Crippen LogP contribution in [-0.2, 0) is 0 Å². The smallest absolute Gasteiger partial charge is 0.0541 e. The molecule has 0 saturated carbocycles. The van der Waals surface area contributed by atoms with E-state index in [1.54, 1.807) is 0 Å². The van der Waals surface area contributed by atoms with Gasteiger partial charge < -0.3 is 9.13 Å². The van der Waals surface area contributed by atoms with E-state index < -0.39 is 0 Å². The largest absolute Gasteiger partial charge is 0.309 e. The van der Waals surface area contributed by atoms with Gasteiger partial charge in [0, 0.05) is 72.2 Å². The first-order chi connectivity index (χ1) is 28.2. The normalized spacial score (nSPS) is 12.2. The van der Waals surface area contributed by atoms with E-state index in [1.807, 2.05) is 34.0 Å². The number of hydrogen-bond donors (Lipinski definition) is 0. The summed E-state index contributed by atoms with van der Waals surface area (Å²) < 4.78 is 10.1. The SMILES string of the molecule is c1ccc(-n2c3ccccc3c3cc(-c4cc5cc6c(cc5s4)sc4cc5sc(-c7ccc8c(c7)c7ccccc7n8-c7ccccc7)cc5cc46)ccc32)cc1. The molecule has 0 aliphatic carbocycles. The molecule has 2 nitrogen and oxygen atoms in total. The standard InChI is InChI=1S/C52H30N2S3/c1-3-11-35(12-4-1)53-43-17-9-7-15-37(43)39-23-31(19-21-45(39)53)47-27-33-25-41-42-26-34-28-48(56-50(34)30-52(42)57-51(41)29-49(33)55-47)32-20-22-46-40(24-32)38-16-8-10-18-44(38)54(46)36-13-5-2-6-14-36/h1-30H. The fraction of sp³-hybridized carbons (Fsp3) is 0. The summed E-state index contributed by atoms with van der Waals surface area (Å²) in [5.74, 6) is 0. The lowest BCUT2D eigenvalue weighted by Crippen LogP contribution is -1.92. The predicted molar refractivity (Wildman–Crippen MR) is 250 cm³/mol. The van der Waals surface area contributed by atoms with E-state index in [1.165, 1.54) is 116 Å². The molecule has 13 aromatic rings. The lowest BCUT2D eigenvalue weighted by Gasteiger charge is -2.07. The first-order valence-electron chi connectivity index (χ1n) is 19.2. The molecule has 5 aromatic heterocycles. The average Bonchev–Trinajstić information content (AvgIpc) is 4.08. The second kappa shape index (κ2) is 12.0. The van der Waals surface area contributed by atoms with Gasteiger partial charge >= 0.3 is 0 Å². The van der Waals surface area contributed by atoms with Gasteiger partial charge in [-0.25, -0.2) is 0 Å². The van der Waals surface area contributed by atoms with Gasteiger partial charge in [-0.2, -0.15) is 0 Å². The Morgan fingerprint density at radius 1 is 0.281 bits per heavy atom. The van der Waals surface area contributed by atoms with Crippen molar-refractivity contribution in [3.8, 4) is 32.3 Å². The van der Waals surface area contributed by atoms with Crippen LogP contribution in [-0.4, -0.2) is 9.13 Å². The van der Waals surface area contributed by atoms with Crippen LogP contribution in [0.3, 0.4) is 0 Å². The Morgan fingerprint density at radius 3 is 1.18 bits per heavy atom. The second-order valence-corrected chi connectivity index (χ2v) is 18.2. The van der Waals surface area contributed by atoms with E-state index in [-0.39, 0.29) is 0 Å². The molecule has 0 aliphatic heterocycles. The minimum absolute atomic E-state index is 1.19. The average molecular weight is 779 g/mol. The maximum atomic E-state index is 2.43. The molecule has 57 heavy (non-hydrogen) atoms. The molecular weight excluding hydrogens is 749 g/mol. The van der Waals surface area contributed by atoms with Crippen LogP contribution in [0.15, 0.2) is 182 Å². The van der Waals surface area contributed by atoms with Crippen molar-refractivity contribution in [3.05, 3.63) is 182 Å². The van der Waals surface area contributed by atoms with Crippen molar-refractivity contribution >= 4 is 118 Å². The Balaban J connectivity index is 0.899. The van der Waals surface area contributed by atoms with E-state index >= 15 is 0 Å². The Hall–Kier alpha value is -6.50. The summed E-state index contributed by atoms with van der Waals surface area (Å²) in [6, 6.07) is 67.4. The van der Waals surface area contributed by atoms with Gasteiger partial charge in [0.05, 0.1) is 22.1 Å². The van der Waals surface area contributed by atoms with E-state index in [2.05, 4.69) is 191 Å². The minimum Gasteiger partial charge on any atom is -0.309 e. The molecule has 13 rings (SSSR count). The molecule has 0 amide bonds. The van der Waals surface area contributed by atoms with E-state index in [0.717, 1.165) is 0 Å². The lowest BCUT2D eigenvalue weighted by molar-refractivity contribution is 1.18. The molecule has 5 heterocycles. The second-order valence-electron chi connectivity index (χ2n) is 14.9. The first-order valence-corrected chi connectivity index (χ1v) is 21.7. The van der Waals surface area contributed by atoms with E-state index in [0.29, 0.717) is 0 Å². The molecule has 8 aromatic carbocycles. The van der Waals surface area contributed by atoms with Crippen LogP contribution in [0.1, 0.15) is 0 Å². The van der Waals surface area contributed by atoms with Crippen LogP contribution in [0.2, 0.25) is 0 Å². The van der Waals surface area contributed by atoms with Crippen molar-refractivity contribution in [2.75, 3.05) is 0 Å². The van der Waals surface area contributed by atoms with Crippen molar-refractivity contribution in [1.82, 2.24) is 9.13 Å². The quantitative estimate of drug-likeness (QED) is 0.168. The maximum Gasteiger partial charge on any atom is 0.0541 e. The Kier molecular flexibility index (Phi) is 6.67. The number of hydrogen-bond acceptors (Lipinski definition) is 3. The number of benzene rings is 8. The number of thiophene rings is 3. The molecule has 5 heteroatoms. The molecule has 0 unspecified atom stereocenters. The monoisotopic (exact) mass is 778 g/mol. The molecule has 0 radical (unpaired) electrons. The molecule has 0 spiro atoms. The summed E-state index contributed by atoms with van der Waals surface area (Å²) in [5.41, 5.74) is 9.85. The molecule has 0 saturated heterocycles. The van der Waals surface area contributed by atoms with Crippen LogP contribution >= 0.6 is 34.0 Å². The van der Waals surface area contributed by atoms with Gasteiger partial charge in [0.15, 0.2) is 0 Å². The zero-order valence-electron chi connectivity index (χ0n) is 30.4. The first kappa shape index (κ1) is 31.7. The number of rotatable bonds is 4. The molecule has 0 bridgehead atoms. The highest BCUT2D eigenvalue weighted by atomic mass is 32.1. The fourth-order valence-electron chi connectivity index (χ4n) is 9.09. The summed E-state index contributed by atoms with van der Waals surface area (Å²) >= 11 is 5.71. The van der Waals surface area contributed by atoms with Gasteiger partial charge in [0.1, 0.15) is 0 Å². The summed E-state index contributed by atoms with van der Waals surface area (Å²) in [7, 11) is 0. The summed E-state index contributed by atoms with van der Waals surface area (Å²) in [4.78, 5) is 2.61. The highest BCUT2D eigenvalue weighted by Crippen LogP contribution is 2.45. The van der Waals surface area contributed by atoms with Crippen molar-refractivity contribution in [1.29, 1.82) is 0 Å². The van der Waals surface area contributed by atoms with Crippen LogP contribution in [0.4, 0.5) is 0 Å². The van der Waals surface area contributed by atoms with Crippen molar-refractivity contribution in [2.45, 2.75) is 0 Å². The summed E-state index contributed by atoms with van der Waals surface area (Å²) in [6.07, 6.45) is 0. The van der Waals surface area contributed by atoms with Crippen LogP contribution in [0, 0.1) is 0 Å². The van der Waals surface area contributed by atoms with Crippen molar-refractivity contribution in [3.63, 3.8) is 0 Å². The minimum atomic E-state index is 1.19. The summed E-state index contributed by atoms with van der Waals surface area (Å²) in [6.45, 7) is 0. The molecule has 0 atom stereocenters. The van der Waals surface area contributed by atoms with Gasteiger partial charge in [-0.05, 0) is 119 Å². The number of para-hydroxylation sites is 4. The van der Waals surface area contributed by atoms with Gasteiger partial charge in [-0.1, -0.05) is 84.9 Å². The molecule has 0 fully saturated rings. The Morgan fingerprint density at radius 2 is 0.702 bits per heavy atom. The highest BCUT2D eigenvalue weighted by molar-refractivity contribution is 7.27. The van der Waals surface area contributed by atoms with Gasteiger partial charge in [0.2, 0.25) is 0 Å². The molecule has 266 valence electrons. The Labute approximate surface area is 339 Å². The predicted octanol–water partition coefficient (Wildman–Crippen LogP) is 16.0. The van der Waals surface area contributed by atoms with E-state index in [9.17, 15) is 0 Å². The van der Waals surface area contributed by atoms with E-state index in [4.69, 9.17) is 0 Å². The number of fused-ring (bicyclic) bond motifs is 11. The fourth-order valence-corrected chi connectivity index (χ4v) is 12.5. The summed E-state index contributed by atoms with van der Waals surface area (Å²) in [5, 5.41) is 10.4. The highest BCUT2D eigenvalue weighted by Gasteiger charge is 2.17. The van der Waals surface area contributed by atoms with Gasteiger partial charge in [-0.3, -0.25) is 0 Å². The van der Waals surface area contributed by atoms with Crippen LogP contribution in [0.25, 0.3) is 116 Å². The third kappa shape index (κ3) is 4.74. The maximum absolute atomic E-state index is 2.43. The zero-order chi connectivity index (χ0) is 37.2. The molecule has 0 aliphatic rings. The third-order valence-corrected chi connectivity index (χ3v) is 15.1. The number of aromatic nitrogens is 2. The zero-order valence-corrected chi connectivity index (χ0v) is 32.9. The molecular formula is C52H30N2S3. The Bertz CT molecular complexity index is 3500. The van der Waals surface area contributed by atoms with Crippen LogP contribution in [0.5, 0.6) is 0 Å².